The smallest absolute Gasteiger partial charge is 0.185 e. The molecule has 0 aromatic heterocycles. The van der Waals surface area contributed by atoms with Crippen LogP contribution in [0.5, 0.6) is 5.75 Å². The lowest BCUT2D eigenvalue weighted by Crippen LogP contribution is -2.28. The third-order valence-electron chi connectivity index (χ3n) is 6.88. The molecule has 4 rings (SSSR count). The summed E-state index contributed by atoms with van der Waals surface area (Å²) in [7, 11) is 0. The van der Waals surface area contributed by atoms with Gasteiger partial charge in [0.05, 0.1) is 0 Å². The van der Waals surface area contributed by atoms with Gasteiger partial charge in [0.15, 0.2) is 11.6 Å². The predicted octanol–water partition coefficient (Wildman–Crippen LogP) is 6.74. The van der Waals surface area contributed by atoms with Crippen molar-refractivity contribution in [2.75, 3.05) is 26.2 Å². The number of carbonyl (C=O) groups excluding carboxylic acids is 2. The average Bonchev–Trinajstić information content (AvgIpc) is 2.94. The standard InChI is InChI=1S/C33H35NO3/c1-3-34(4-2)19-20-37-31-17-15-27(16-18-31)32(35)30-23-28(21-25-11-7-5-8-12-25)33(36)29(24-30)22-26-13-9-6-10-14-26/h5-18,21-22,30H,3-4,19-20,23-24H2,1-2H3/b28-21+,29-22+. The first-order valence-electron chi connectivity index (χ1n) is 13.1. The third-order valence-corrected chi connectivity index (χ3v) is 6.88. The van der Waals surface area contributed by atoms with Gasteiger partial charge in [0, 0.05) is 29.2 Å². The number of nitrogens with zero attached hydrogens (tertiary/aromatic N) is 1. The first-order valence-corrected chi connectivity index (χ1v) is 13.1. The van der Waals surface area contributed by atoms with Crippen molar-refractivity contribution in [1.82, 2.24) is 4.90 Å². The number of ether oxygens (including phenoxy) is 1. The molecule has 4 nitrogen and oxygen atoms in total. The molecule has 0 spiro atoms. The molecule has 1 fully saturated rings. The summed E-state index contributed by atoms with van der Waals surface area (Å²) in [5, 5.41) is 0. The number of rotatable bonds is 10. The number of likely N-dealkylation sites (N-methyl/N-ethyl adjacent to an activating group) is 1. The lowest BCUT2D eigenvalue weighted by molar-refractivity contribution is -0.113. The number of hydrogen-bond donors (Lipinski definition) is 0. The van der Waals surface area contributed by atoms with Crippen molar-refractivity contribution in [1.29, 1.82) is 0 Å². The Morgan fingerprint density at radius 1 is 0.811 bits per heavy atom. The van der Waals surface area contributed by atoms with Crippen LogP contribution in [0.25, 0.3) is 12.2 Å². The summed E-state index contributed by atoms with van der Waals surface area (Å²) in [6, 6.07) is 27.0. The number of hydrogen-bond acceptors (Lipinski definition) is 4. The van der Waals surface area contributed by atoms with Crippen LogP contribution in [0.15, 0.2) is 96.1 Å². The zero-order valence-corrected chi connectivity index (χ0v) is 21.7. The highest BCUT2D eigenvalue weighted by molar-refractivity contribution is 6.15. The fourth-order valence-corrected chi connectivity index (χ4v) is 4.71. The maximum atomic E-state index is 13.6. The van der Waals surface area contributed by atoms with Gasteiger partial charge in [-0.1, -0.05) is 74.5 Å². The Hall–Kier alpha value is -3.76. The molecule has 190 valence electrons. The number of carbonyl (C=O) groups is 2. The quantitative estimate of drug-likeness (QED) is 0.232. The van der Waals surface area contributed by atoms with Crippen LogP contribution in [0.2, 0.25) is 0 Å². The van der Waals surface area contributed by atoms with Crippen molar-refractivity contribution in [3.63, 3.8) is 0 Å². The van der Waals surface area contributed by atoms with E-state index in [1.807, 2.05) is 97.1 Å². The molecular weight excluding hydrogens is 458 g/mol. The largest absolute Gasteiger partial charge is 0.492 e. The number of ketones is 2. The highest BCUT2D eigenvalue weighted by Crippen LogP contribution is 2.34. The zero-order valence-electron chi connectivity index (χ0n) is 21.7. The molecule has 0 heterocycles. The van der Waals surface area contributed by atoms with Gasteiger partial charge in [-0.25, -0.2) is 0 Å². The summed E-state index contributed by atoms with van der Waals surface area (Å²) in [6.45, 7) is 7.77. The summed E-state index contributed by atoms with van der Waals surface area (Å²) in [5.41, 5.74) is 3.92. The van der Waals surface area contributed by atoms with Crippen molar-refractivity contribution in [2.45, 2.75) is 26.7 Å². The van der Waals surface area contributed by atoms with Crippen LogP contribution in [-0.2, 0) is 4.79 Å². The predicted molar refractivity (Wildman–Crippen MR) is 151 cm³/mol. The topological polar surface area (TPSA) is 46.6 Å². The Bertz CT molecular complexity index is 1180. The Labute approximate surface area is 220 Å². The van der Waals surface area contributed by atoms with Crippen LogP contribution in [0.4, 0.5) is 0 Å². The van der Waals surface area contributed by atoms with Gasteiger partial charge in [0.2, 0.25) is 0 Å². The van der Waals surface area contributed by atoms with Gasteiger partial charge in [-0.2, -0.15) is 0 Å². The maximum absolute atomic E-state index is 13.6. The lowest BCUT2D eigenvalue weighted by atomic mass is 9.76. The van der Waals surface area contributed by atoms with E-state index >= 15 is 0 Å². The number of allylic oxidation sites excluding steroid dienone is 2. The molecule has 0 unspecified atom stereocenters. The maximum Gasteiger partial charge on any atom is 0.185 e. The molecule has 4 heteroatoms. The highest BCUT2D eigenvalue weighted by atomic mass is 16.5. The summed E-state index contributed by atoms with van der Waals surface area (Å²) < 4.78 is 5.89. The molecular formula is C33H35NO3. The van der Waals surface area contributed by atoms with Crippen molar-refractivity contribution < 1.29 is 14.3 Å². The first kappa shape index (κ1) is 26.3. The average molecular weight is 494 g/mol. The van der Waals surface area contributed by atoms with E-state index in [1.54, 1.807) is 0 Å². The van der Waals surface area contributed by atoms with Crippen molar-refractivity contribution >= 4 is 23.7 Å². The highest BCUT2D eigenvalue weighted by Gasteiger charge is 2.32. The molecule has 3 aromatic rings. The minimum absolute atomic E-state index is 0.0220. The van der Waals surface area contributed by atoms with Gasteiger partial charge in [-0.3, -0.25) is 9.59 Å². The lowest BCUT2D eigenvalue weighted by Gasteiger charge is -2.25. The van der Waals surface area contributed by atoms with E-state index in [1.165, 1.54) is 0 Å². The summed E-state index contributed by atoms with van der Waals surface area (Å²) in [6.07, 6.45) is 4.71. The molecule has 3 aromatic carbocycles. The Kier molecular flexibility index (Phi) is 9.23. The first-order chi connectivity index (χ1) is 18.1. The molecule has 37 heavy (non-hydrogen) atoms. The summed E-state index contributed by atoms with van der Waals surface area (Å²) in [5.74, 6) is 0.544. The zero-order chi connectivity index (χ0) is 26.0. The van der Waals surface area contributed by atoms with E-state index < -0.39 is 0 Å². The minimum Gasteiger partial charge on any atom is -0.492 e. The van der Waals surface area contributed by atoms with Crippen molar-refractivity contribution in [3.05, 3.63) is 113 Å². The second-order valence-corrected chi connectivity index (χ2v) is 9.36. The SMILES string of the molecule is CCN(CC)CCOc1ccc(C(=O)C2C/C(=C\c3ccccc3)C(=O)/C(=C/c3ccccc3)C2)cc1. The number of benzene rings is 3. The fraction of sp³-hybridized carbons (Fsp3) is 0.273. The van der Waals surface area contributed by atoms with E-state index in [2.05, 4.69) is 18.7 Å². The van der Waals surface area contributed by atoms with Gasteiger partial charge in [-0.15, -0.1) is 0 Å². The van der Waals surface area contributed by atoms with Crippen molar-refractivity contribution in [2.24, 2.45) is 5.92 Å². The molecule has 0 amide bonds. The molecule has 0 bridgehead atoms. The van der Waals surface area contributed by atoms with Gasteiger partial charge in [0.1, 0.15) is 12.4 Å². The summed E-state index contributed by atoms with van der Waals surface area (Å²) >= 11 is 0. The Morgan fingerprint density at radius 3 is 1.81 bits per heavy atom. The van der Waals surface area contributed by atoms with Crippen LogP contribution in [-0.4, -0.2) is 42.7 Å². The Balaban J connectivity index is 1.53. The van der Waals surface area contributed by atoms with Gasteiger partial charge in [0.25, 0.3) is 0 Å². The van der Waals surface area contributed by atoms with Gasteiger partial charge in [-0.05, 0) is 73.5 Å². The van der Waals surface area contributed by atoms with Crippen LogP contribution in [0.1, 0.15) is 48.2 Å². The van der Waals surface area contributed by atoms with Crippen LogP contribution in [0.3, 0.4) is 0 Å². The molecule has 0 radical (unpaired) electrons. The van der Waals surface area contributed by atoms with E-state index in [0.717, 1.165) is 36.5 Å². The summed E-state index contributed by atoms with van der Waals surface area (Å²) in [4.78, 5) is 29.3. The van der Waals surface area contributed by atoms with Crippen LogP contribution < -0.4 is 4.74 Å². The Morgan fingerprint density at radius 2 is 1.32 bits per heavy atom. The van der Waals surface area contributed by atoms with Crippen LogP contribution in [0, 0.1) is 5.92 Å². The van der Waals surface area contributed by atoms with Gasteiger partial charge >= 0.3 is 0 Å². The number of Topliss-reactive ketones (excluding diaryl/α,β-unsaturated/α-hetero) is 2. The second-order valence-electron chi connectivity index (χ2n) is 9.36. The molecule has 0 N–H and O–H groups in total. The minimum atomic E-state index is -0.294. The normalized spacial score (nSPS) is 17.9. The fourth-order valence-electron chi connectivity index (χ4n) is 4.71. The van der Waals surface area contributed by atoms with E-state index in [4.69, 9.17) is 4.74 Å². The monoisotopic (exact) mass is 493 g/mol. The molecule has 1 aliphatic carbocycles. The van der Waals surface area contributed by atoms with Crippen LogP contribution >= 0.6 is 0 Å². The van der Waals surface area contributed by atoms with E-state index in [-0.39, 0.29) is 17.5 Å². The molecule has 0 atom stereocenters. The molecule has 1 aliphatic rings. The molecule has 0 saturated heterocycles. The molecule has 0 aliphatic heterocycles. The second kappa shape index (κ2) is 13.0. The van der Waals surface area contributed by atoms with Crippen molar-refractivity contribution in [3.8, 4) is 5.75 Å². The molecule has 1 saturated carbocycles. The van der Waals surface area contributed by atoms with Gasteiger partial charge < -0.3 is 9.64 Å². The third kappa shape index (κ3) is 7.14. The van der Waals surface area contributed by atoms with E-state index in [9.17, 15) is 9.59 Å². The van der Waals surface area contributed by atoms with E-state index in [0.29, 0.717) is 36.2 Å².